The molecule has 0 atom stereocenters. The van der Waals surface area contributed by atoms with Crippen LogP contribution in [0.15, 0.2) is 24.3 Å². The largest absolute Gasteiger partial charge is 0.416 e. The molecule has 0 radical (unpaired) electrons. The third-order valence-electron chi connectivity index (χ3n) is 2.19. The molecule has 0 unspecified atom stereocenters. The predicted octanol–water partition coefficient (Wildman–Crippen LogP) is 1.82. The van der Waals surface area contributed by atoms with E-state index in [1.807, 2.05) is 0 Å². The molecule has 0 aliphatic heterocycles. The van der Waals surface area contributed by atoms with Gasteiger partial charge in [-0.1, -0.05) is 12.1 Å². The monoisotopic (exact) mass is 242 g/mol. The minimum Gasteiger partial charge on any atom is -0.167 e. The number of tetrazole rings is 1. The van der Waals surface area contributed by atoms with Gasteiger partial charge in [0, 0.05) is 6.42 Å². The molecule has 7 heteroatoms. The van der Waals surface area contributed by atoms with Crippen LogP contribution in [0.25, 0.3) is 0 Å². The van der Waals surface area contributed by atoms with E-state index in [-0.39, 0.29) is 0 Å². The molecule has 0 bridgehead atoms. The number of benzene rings is 1. The van der Waals surface area contributed by atoms with Crippen molar-refractivity contribution in [1.29, 1.82) is 0 Å². The van der Waals surface area contributed by atoms with Crippen molar-refractivity contribution >= 4 is 0 Å². The van der Waals surface area contributed by atoms with Gasteiger partial charge in [0.25, 0.3) is 0 Å². The lowest BCUT2D eigenvalue weighted by Crippen LogP contribution is -2.04. The molecule has 0 amide bonds. The molecule has 2 aromatic rings. The highest BCUT2D eigenvalue weighted by Crippen LogP contribution is 2.29. The summed E-state index contributed by atoms with van der Waals surface area (Å²) in [4.78, 5) is 1.30. The van der Waals surface area contributed by atoms with E-state index in [0.29, 0.717) is 17.8 Å². The van der Waals surface area contributed by atoms with Crippen molar-refractivity contribution < 1.29 is 13.2 Å². The molecule has 1 aromatic carbocycles. The van der Waals surface area contributed by atoms with Crippen LogP contribution in [0.5, 0.6) is 0 Å². The Balaban J connectivity index is 2.13. The van der Waals surface area contributed by atoms with E-state index in [2.05, 4.69) is 15.4 Å². The molecule has 90 valence electrons. The molecule has 1 heterocycles. The lowest BCUT2D eigenvalue weighted by molar-refractivity contribution is -0.137. The molecule has 0 saturated heterocycles. The van der Waals surface area contributed by atoms with Crippen LogP contribution < -0.4 is 0 Å². The number of rotatable bonds is 2. The Hall–Kier alpha value is -1.92. The second-order valence-corrected chi connectivity index (χ2v) is 3.57. The van der Waals surface area contributed by atoms with E-state index in [4.69, 9.17) is 0 Å². The average molecular weight is 242 g/mol. The van der Waals surface area contributed by atoms with Crippen LogP contribution in [-0.2, 0) is 19.6 Å². The second kappa shape index (κ2) is 4.15. The molecule has 17 heavy (non-hydrogen) atoms. The summed E-state index contributed by atoms with van der Waals surface area (Å²) in [6, 6.07) is 4.93. The van der Waals surface area contributed by atoms with Crippen molar-refractivity contribution in [2.75, 3.05) is 0 Å². The van der Waals surface area contributed by atoms with E-state index in [0.717, 1.165) is 12.1 Å². The Morgan fingerprint density at radius 3 is 2.29 bits per heavy atom. The van der Waals surface area contributed by atoms with E-state index in [9.17, 15) is 13.2 Å². The number of hydrogen-bond acceptors (Lipinski definition) is 3. The molecular weight excluding hydrogens is 233 g/mol. The number of halogens is 3. The van der Waals surface area contributed by atoms with Gasteiger partial charge in [0.05, 0.1) is 12.6 Å². The van der Waals surface area contributed by atoms with Crippen LogP contribution in [0.4, 0.5) is 13.2 Å². The number of aryl methyl sites for hydroxylation is 1. The van der Waals surface area contributed by atoms with E-state index in [1.54, 1.807) is 7.05 Å². The Kier molecular flexibility index (Phi) is 2.83. The van der Waals surface area contributed by atoms with Crippen LogP contribution in [0, 0.1) is 0 Å². The van der Waals surface area contributed by atoms with Gasteiger partial charge in [0.15, 0.2) is 5.82 Å². The molecule has 0 N–H and O–H groups in total. The zero-order valence-corrected chi connectivity index (χ0v) is 8.94. The minimum atomic E-state index is -4.30. The van der Waals surface area contributed by atoms with Crippen molar-refractivity contribution in [2.24, 2.45) is 7.05 Å². The first-order chi connectivity index (χ1) is 7.95. The van der Waals surface area contributed by atoms with E-state index in [1.165, 1.54) is 16.9 Å². The molecule has 0 aliphatic carbocycles. The molecule has 0 fully saturated rings. The quantitative estimate of drug-likeness (QED) is 0.806. The summed E-state index contributed by atoms with van der Waals surface area (Å²) in [7, 11) is 1.63. The van der Waals surface area contributed by atoms with Crippen LogP contribution >= 0.6 is 0 Å². The highest BCUT2D eigenvalue weighted by molar-refractivity contribution is 5.26. The molecule has 0 aliphatic rings. The first kappa shape index (κ1) is 11.6. The van der Waals surface area contributed by atoms with Gasteiger partial charge in [-0.25, -0.2) is 0 Å². The van der Waals surface area contributed by atoms with Crippen molar-refractivity contribution in [3.05, 3.63) is 41.2 Å². The third kappa shape index (κ3) is 2.80. The molecule has 1 aromatic heterocycles. The van der Waals surface area contributed by atoms with E-state index >= 15 is 0 Å². The molecule has 0 spiro atoms. The summed E-state index contributed by atoms with van der Waals surface area (Å²) in [6.07, 6.45) is -3.94. The standard InChI is InChI=1S/C10H9F3N4/c1-17-15-9(14-16-17)6-7-2-4-8(5-3-7)10(11,12)13/h2-5H,6H2,1H3. The Morgan fingerprint density at radius 1 is 1.18 bits per heavy atom. The van der Waals surface area contributed by atoms with Gasteiger partial charge >= 0.3 is 6.18 Å². The van der Waals surface area contributed by atoms with Gasteiger partial charge in [-0.15, -0.1) is 10.2 Å². The molecule has 0 saturated carbocycles. The zero-order chi connectivity index (χ0) is 12.5. The van der Waals surface area contributed by atoms with E-state index < -0.39 is 11.7 Å². The van der Waals surface area contributed by atoms with Crippen molar-refractivity contribution in [3.8, 4) is 0 Å². The summed E-state index contributed by atoms with van der Waals surface area (Å²) >= 11 is 0. The first-order valence-corrected chi connectivity index (χ1v) is 4.84. The van der Waals surface area contributed by atoms with Gasteiger partial charge in [-0.05, 0) is 22.9 Å². The SMILES string of the molecule is Cn1nnc(Cc2ccc(C(F)(F)F)cc2)n1. The number of nitrogens with zero attached hydrogens (tertiary/aromatic N) is 4. The van der Waals surface area contributed by atoms with Gasteiger partial charge < -0.3 is 0 Å². The summed E-state index contributed by atoms with van der Waals surface area (Å²) < 4.78 is 36.9. The predicted molar refractivity (Wildman–Crippen MR) is 53.0 cm³/mol. The second-order valence-electron chi connectivity index (χ2n) is 3.57. The molecule has 2 rings (SSSR count). The maximum Gasteiger partial charge on any atom is 0.416 e. The average Bonchev–Trinajstić information content (AvgIpc) is 2.63. The highest BCUT2D eigenvalue weighted by Gasteiger charge is 2.29. The number of alkyl halides is 3. The highest BCUT2D eigenvalue weighted by atomic mass is 19.4. The molecular formula is C10H9F3N4. The molecule has 4 nitrogen and oxygen atoms in total. The maximum absolute atomic E-state index is 12.3. The van der Waals surface area contributed by atoms with Gasteiger partial charge in [-0.3, -0.25) is 0 Å². The van der Waals surface area contributed by atoms with Crippen LogP contribution in [-0.4, -0.2) is 20.2 Å². The fourth-order valence-corrected chi connectivity index (χ4v) is 1.39. The van der Waals surface area contributed by atoms with Crippen LogP contribution in [0.2, 0.25) is 0 Å². The fraction of sp³-hybridized carbons (Fsp3) is 0.300. The Labute approximate surface area is 95.1 Å². The lowest BCUT2D eigenvalue weighted by Gasteiger charge is -2.06. The maximum atomic E-state index is 12.3. The van der Waals surface area contributed by atoms with Gasteiger partial charge in [-0.2, -0.15) is 18.0 Å². The zero-order valence-electron chi connectivity index (χ0n) is 8.94. The van der Waals surface area contributed by atoms with Crippen molar-refractivity contribution in [1.82, 2.24) is 20.2 Å². The normalized spacial score (nSPS) is 11.8. The summed E-state index contributed by atoms with van der Waals surface area (Å²) in [5.74, 6) is 0.479. The fourth-order valence-electron chi connectivity index (χ4n) is 1.39. The van der Waals surface area contributed by atoms with Crippen molar-refractivity contribution in [3.63, 3.8) is 0 Å². The lowest BCUT2D eigenvalue weighted by atomic mass is 10.1. The smallest absolute Gasteiger partial charge is 0.167 e. The minimum absolute atomic E-state index is 0.367. The number of aromatic nitrogens is 4. The van der Waals surface area contributed by atoms with Gasteiger partial charge in [0.2, 0.25) is 0 Å². The van der Waals surface area contributed by atoms with Crippen LogP contribution in [0.1, 0.15) is 17.0 Å². The summed E-state index contributed by atoms with van der Waals surface area (Å²) in [5, 5.41) is 11.4. The topological polar surface area (TPSA) is 43.6 Å². The third-order valence-corrected chi connectivity index (χ3v) is 2.19. The summed E-state index contributed by atoms with van der Waals surface area (Å²) in [6.45, 7) is 0. The Bertz CT molecular complexity index is 501. The van der Waals surface area contributed by atoms with Gasteiger partial charge in [0.1, 0.15) is 0 Å². The van der Waals surface area contributed by atoms with Crippen LogP contribution in [0.3, 0.4) is 0 Å². The first-order valence-electron chi connectivity index (χ1n) is 4.84. The van der Waals surface area contributed by atoms with Crippen molar-refractivity contribution in [2.45, 2.75) is 12.6 Å². The summed E-state index contributed by atoms with van der Waals surface area (Å²) in [5.41, 5.74) is 0.0550. The Morgan fingerprint density at radius 2 is 1.82 bits per heavy atom. The number of hydrogen-bond donors (Lipinski definition) is 0.